The summed E-state index contributed by atoms with van der Waals surface area (Å²) in [6.07, 6.45) is 4.01. The van der Waals surface area contributed by atoms with Gasteiger partial charge in [0.05, 0.1) is 5.56 Å². The fourth-order valence-electron chi connectivity index (χ4n) is 2.68. The Balaban J connectivity index is 1.82. The van der Waals surface area contributed by atoms with Crippen molar-refractivity contribution < 1.29 is 9.18 Å². The number of nitrogens with zero attached hydrogens (tertiary/aromatic N) is 2. The molecule has 0 saturated heterocycles. The molecule has 1 radical (unpaired) electrons. The Morgan fingerprint density at radius 3 is 2.65 bits per heavy atom. The van der Waals surface area contributed by atoms with Gasteiger partial charge in [-0.2, -0.15) is 5.26 Å². The van der Waals surface area contributed by atoms with Crippen LogP contribution in [-0.4, -0.2) is 10.9 Å². The molecule has 0 saturated carbocycles. The first kappa shape index (κ1) is 17.3. The van der Waals surface area contributed by atoms with Crippen molar-refractivity contribution in [2.24, 2.45) is 5.73 Å². The molecule has 4 nitrogen and oxygen atoms in total. The highest BCUT2D eigenvalue weighted by Crippen LogP contribution is 2.23. The largest absolute Gasteiger partial charge is 0.366 e. The minimum absolute atomic E-state index is 0.0117. The first-order valence-corrected chi connectivity index (χ1v) is 7.95. The number of nitriles is 1. The molecule has 26 heavy (non-hydrogen) atoms. The summed E-state index contributed by atoms with van der Waals surface area (Å²) in [5, 5.41) is 8.83. The molecule has 0 atom stereocenters. The molecule has 1 amide bonds. The third-order valence-electron chi connectivity index (χ3n) is 4.02. The van der Waals surface area contributed by atoms with Crippen molar-refractivity contribution in [1.82, 2.24) is 4.98 Å². The van der Waals surface area contributed by atoms with E-state index in [1.165, 1.54) is 12.1 Å². The molecule has 0 bridgehead atoms. The topological polar surface area (TPSA) is 79.8 Å². The summed E-state index contributed by atoms with van der Waals surface area (Å²) in [5.41, 5.74) is 8.86. The van der Waals surface area contributed by atoms with Crippen LogP contribution in [0.1, 0.15) is 27.2 Å². The summed E-state index contributed by atoms with van der Waals surface area (Å²) < 4.78 is 13.8. The van der Waals surface area contributed by atoms with Crippen molar-refractivity contribution in [2.45, 2.75) is 6.42 Å². The Morgan fingerprint density at radius 1 is 1.15 bits per heavy atom. The lowest BCUT2D eigenvalue weighted by atomic mass is 9.99. The summed E-state index contributed by atoms with van der Waals surface area (Å²) in [6.45, 7) is 0. The number of carbonyl (C=O) groups excluding carboxylic acids is 1. The van der Waals surface area contributed by atoms with Crippen LogP contribution in [0.2, 0.25) is 0 Å². The van der Waals surface area contributed by atoms with Crippen LogP contribution in [0.5, 0.6) is 0 Å². The molecule has 0 spiro atoms. The SMILES string of the molecule is N#Cc1ccc(-c2ccnc([CH]Cc3ccccc3C(N)=O)c2)cc1F. The van der Waals surface area contributed by atoms with E-state index in [2.05, 4.69) is 4.98 Å². The summed E-state index contributed by atoms with van der Waals surface area (Å²) in [4.78, 5) is 15.8. The smallest absolute Gasteiger partial charge is 0.248 e. The molecule has 0 unspecified atom stereocenters. The fraction of sp³-hybridized carbons (Fsp3) is 0.0476. The quantitative estimate of drug-likeness (QED) is 0.767. The number of amides is 1. The highest BCUT2D eigenvalue weighted by Gasteiger charge is 2.09. The summed E-state index contributed by atoms with van der Waals surface area (Å²) in [7, 11) is 0. The zero-order valence-corrected chi connectivity index (χ0v) is 13.8. The van der Waals surface area contributed by atoms with E-state index in [1.54, 1.807) is 36.5 Å². The number of pyridine rings is 1. The number of hydrogen-bond donors (Lipinski definition) is 1. The predicted molar refractivity (Wildman–Crippen MR) is 96.4 cm³/mol. The first-order chi connectivity index (χ1) is 12.6. The lowest BCUT2D eigenvalue weighted by molar-refractivity contribution is 0.0999. The fourth-order valence-corrected chi connectivity index (χ4v) is 2.68. The molecule has 1 aromatic heterocycles. The number of halogens is 1. The molecule has 0 aliphatic heterocycles. The highest BCUT2D eigenvalue weighted by molar-refractivity contribution is 5.94. The normalized spacial score (nSPS) is 10.3. The molecule has 5 heteroatoms. The zero-order valence-electron chi connectivity index (χ0n) is 13.8. The number of nitrogens with two attached hydrogens (primary N) is 1. The Kier molecular flexibility index (Phi) is 5.04. The molecule has 0 fully saturated rings. The molecule has 2 N–H and O–H groups in total. The van der Waals surface area contributed by atoms with Crippen molar-refractivity contribution in [1.29, 1.82) is 5.26 Å². The first-order valence-electron chi connectivity index (χ1n) is 7.95. The Morgan fingerprint density at radius 2 is 1.92 bits per heavy atom. The number of hydrogen-bond acceptors (Lipinski definition) is 3. The van der Waals surface area contributed by atoms with Gasteiger partial charge in [-0.05, 0) is 53.4 Å². The van der Waals surface area contributed by atoms with E-state index in [0.717, 1.165) is 11.1 Å². The van der Waals surface area contributed by atoms with Gasteiger partial charge in [-0.15, -0.1) is 0 Å². The van der Waals surface area contributed by atoms with Gasteiger partial charge in [-0.25, -0.2) is 4.39 Å². The van der Waals surface area contributed by atoms with E-state index in [4.69, 9.17) is 11.0 Å². The van der Waals surface area contributed by atoms with Crippen molar-refractivity contribution >= 4 is 5.91 Å². The maximum atomic E-state index is 13.8. The second-order valence-electron chi connectivity index (χ2n) is 5.71. The Bertz CT molecular complexity index is 1010. The lowest BCUT2D eigenvalue weighted by Crippen LogP contribution is -2.13. The molecule has 0 aliphatic rings. The maximum Gasteiger partial charge on any atom is 0.248 e. The van der Waals surface area contributed by atoms with Gasteiger partial charge >= 0.3 is 0 Å². The summed E-state index contributed by atoms with van der Waals surface area (Å²) in [5.74, 6) is -1.02. The monoisotopic (exact) mass is 344 g/mol. The van der Waals surface area contributed by atoms with E-state index in [-0.39, 0.29) is 5.56 Å². The lowest BCUT2D eigenvalue weighted by Gasteiger charge is -2.08. The molecular weight excluding hydrogens is 329 g/mol. The third-order valence-corrected chi connectivity index (χ3v) is 4.02. The third kappa shape index (κ3) is 3.76. The van der Waals surface area contributed by atoms with Crippen molar-refractivity contribution in [2.75, 3.05) is 0 Å². The van der Waals surface area contributed by atoms with Gasteiger partial charge in [0, 0.05) is 23.9 Å². The molecular formula is C21H15FN3O. The van der Waals surface area contributed by atoms with Crippen molar-refractivity contribution in [3.8, 4) is 17.2 Å². The van der Waals surface area contributed by atoms with Gasteiger partial charge in [0.2, 0.25) is 5.91 Å². The molecule has 3 aromatic rings. The second kappa shape index (κ2) is 7.58. The molecule has 0 aliphatic carbocycles. The van der Waals surface area contributed by atoms with Gasteiger partial charge in [-0.3, -0.25) is 9.78 Å². The van der Waals surface area contributed by atoms with Crippen LogP contribution in [0.4, 0.5) is 4.39 Å². The van der Waals surface area contributed by atoms with Crippen molar-refractivity contribution in [3.05, 3.63) is 95.4 Å². The van der Waals surface area contributed by atoms with Crippen LogP contribution in [0.3, 0.4) is 0 Å². The van der Waals surface area contributed by atoms with Gasteiger partial charge in [0.25, 0.3) is 0 Å². The van der Waals surface area contributed by atoms with E-state index in [1.807, 2.05) is 24.6 Å². The van der Waals surface area contributed by atoms with E-state index < -0.39 is 11.7 Å². The summed E-state index contributed by atoms with van der Waals surface area (Å²) in [6, 6.07) is 17.0. The molecule has 2 aromatic carbocycles. The van der Waals surface area contributed by atoms with Gasteiger partial charge in [0.1, 0.15) is 11.9 Å². The molecule has 127 valence electrons. The van der Waals surface area contributed by atoms with Crippen LogP contribution < -0.4 is 5.73 Å². The van der Waals surface area contributed by atoms with Crippen LogP contribution >= 0.6 is 0 Å². The van der Waals surface area contributed by atoms with Gasteiger partial charge < -0.3 is 5.73 Å². The minimum atomic E-state index is -0.553. The van der Waals surface area contributed by atoms with Gasteiger partial charge in [-0.1, -0.05) is 24.3 Å². The average Bonchev–Trinajstić information content (AvgIpc) is 2.66. The maximum absolute atomic E-state index is 13.8. The van der Waals surface area contributed by atoms with Crippen LogP contribution in [0.15, 0.2) is 60.8 Å². The number of primary amides is 1. The number of rotatable bonds is 5. The zero-order chi connectivity index (χ0) is 18.5. The molecule has 1 heterocycles. The Hall–Kier alpha value is -3.52. The molecule has 3 rings (SSSR count). The van der Waals surface area contributed by atoms with E-state index in [9.17, 15) is 9.18 Å². The number of aromatic nitrogens is 1. The van der Waals surface area contributed by atoms with E-state index >= 15 is 0 Å². The predicted octanol–water partition coefficient (Wildman–Crippen LogP) is 3.65. The number of benzene rings is 2. The van der Waals surface area contributed by atoms with Crippen LogP contribution in [0, 0.1) is 23.6 Å². The summed E-state index contributed by atoms with van der Waals surface area (Å²) >= 11 is 0. The van der Waals surface area contributed by atoms with Crippen molar-refractivity contribution in [3.63, 3.8) is 0 Å². The highest BCUT2D eigenvalue weighted by atomic mass is 19.1. The average molecular weight is 344 g/mol. The van der Waals surface area contributed by atoms with Crippen LogP contribution in [-0.2, 0) is 6.42 Å². The standard InChI is InChI=1S/C21H15FN3O/c22-20-12-15(5-6-17(20)13-23)16-9-10-25-18(11-16)8-7-14-3-1-2-4-19(14)21(24)26/h1-6,8-12H,7H2,(H2,24,26). The van der Waals surface area contributed by atoms with Gasteiger partial charge in [0.15, 0.2) is 0 Å². The Labute approximate surface area is 150 Å². The van der Waals surface area contributed by atoms with Crippen LogP contribution in [0.25, 0.3) is 11.1 Å². The minimum Gasteiger partial charge on any atom is -0.366 e. The van der Waals surface area contributed by atoms with E-state index in [0.29, 0.717) is 23.2 Å². The second-order valence-corrected chi connectivity index (χ2v) is 5.71. The number of carbonyl (C=O) groups is 1.